The molecule has 1 heterocycles. The Kier molecular flexibility index (Phi) is 4.60. The highest BCUT2D eigenvalue weighted by Crippen LogP contribution is 2.27. The van der Waals surface area contributed by atoms with Gasteiger partial charge in [-0.2, -0.15) is 0 Å². The maximum Gasteiger partial charge on any atom is 0.241 e. The molecule has 0 aliphatic carbocycles. The highest BCUT2D eigenvalue weighted by molar-refractivity contribution is 9.10. The maximum absolute atomic E-state index is 12.0. The first kappa shape index (κ1) is 13.4. The summed E-state index contributed by atoms with van der Waals surface area (Å²) in [6.07, 6.45) is 3.17. The quantitative estimate of drug-likeness (QED) is 0.901. The van der Waals surface area contributed by atoms with Crippen LogP contribution in [0.25, 0.3) is 0 Å². The second-order valence-corrected chi connectivity index (χ2v) is 5.20. The number of rotatable bonds is 3. The van der Waals surface area contributed by atoms with E-state index in [9.17, 15) is 4.79 Å². The molecule has 0 unspecified atom stereocenters. The minimum absolute atomic E-state index is 0.0340. The van der Waals surface area contributed by atoms with Crippen molar-refractivity contribution in [1.29, 1.82) is 0 Å². The lowest BCUT2D eigenvalue weighted by molar-refractivity contribution is -0.118. The first-order valence-corrected chi connectivity index (χ1v) is 6.88. The molecule has 18 heavy (non-hydrogen) atoms. The Hall–Kier alpha value is -1.07. The number of anilines is 1. The molecule has 1 amide bonds. The number of methoxy groups -OCH3 is 1. The van der Waals surface area contributed by atoms with Gasteiger partial charge in [0.25, 0.3) is 0 Å². The third-order valence-electron chi connectivity index (χ3n) is 3.05. The first-order valence-electron chi connectivity index (χ1n) is 6.08. The summed E-state index contributed by atoms with van der Waals surface area (Å²) in [4.78, 5) is 12.0. The van der Waals surface area contributed by atoms with Crippen molar-refractivity contribution in [1.82, 2.24) is 5.32 Å². The van der Waals surface area contributed by atoms with Crippen LogP contribution < -0.4 is 15.4 Å². The van der Waals surface area contributed by atoms with Crippen molar-refractivity contribution in [2.75, 3.05) is 19.0 Å². The van der Waals surface area contributed by atoms with Crippen LogP contribution in [0.1, 0.15) is 19.3 Å². The smallest absolute Gasteiger partial charge is 0.241 e. The Morgan fingerprint density at radius 1 is 1.50 bits per heavy atom. The molecule has 2 N–H and O–H groups in total. The van der Waals surface area contributed by atoms with Crippen molar-refractivity contribution in [3.05, 3.63) is 22.7 Å². The van der Waals surface area contributed by atoms with Crippen LogP contribution in [-0.4, -0.2) is 25.6 Å². The molecule has 1 aliphatic rings. The Bertz CT molecular complexity index is 431. The molecule has 5 heteroatoms. The zero-order chi connectivity index (χ0) is 13.0. The summed E-state index contributed by atoms with van der Waals surface area (Å²) in [5, 5.41) is 6.14. The molecule has 1 aliphatic heterocycles. The molecule has 0 saturated carbocycles. The van der Waals surface area contributed by atoms with Gasteiger partial charge in [-0.15, -0.1) is 0 Å². The van der Waals surface area contributed by atoms with Crippen molar-refractivity contribution < 1.29 is 9.53 Å². The van der Waals surface area contributed by atoms with Gasteiger partial charge in [0, 0.05) is 5.69 Å². The Labute approximate surface area is 115 Å². The monoisotopic (exact) mass is 312 g/mol. The highest BCUT2D eigenvalue weighted by atomic mass is 79.9. The van der Waals surface area contributed by atoms with E-state index >= 15 is 0 Å². The minimum Gasteiger partial charge on any atom is -0.496 e. The predicted molar refractivity (Wildman–Crippen MR) is 75.0 cm³/mol. The second-order valence-electron chi connectivity index (χ2n) is 4.34. The number of benzene rings is 1. The summed E-state index contributed by atoms with van der Waals surface area (Å²) >= 11 is 3.40. The number of piperidine rings is 1. The van der Waals surface area contributed by atoms with Gasteiger partial charge in [0.1, 0.15) is 5.75 Å². The van der Waals surface area contributed by atoms with Crippen molar-refractivity contribution in [2.24, 2.45) is 0 Å². The fourth-order valence-electron chi connectivity index (χ4n) is 2.05. The summed E-state index contributed by atoms with van der Waals surface area (Å²) in [5.41, 5.74) is 0.778. The van der Waals surface area contributed by atoms with Gasteiger partial charge < -0.3 is 15.4 Å². The van der Waals surface area contributed by atoms with Gasteiger partial charge in [-0.25, -0.2) is 0 Å². The molecule has 4 nitrogen and oxygen atoms in total. The molecule has 0 radical (unpaired) electrons. The van der Waals surface area contributed by atoms with E-state index in [0.29, 0.717) is 0 Å². The number of carbonyl (C=O) groups excluding carboxylic acids is 1. The molecule has 98 valence electrons. The van der Waals surface area contributed by atoms with Crippen molar-refractivity contribution >= 4 is 27.5 Å². The van der Waals surface area contributed by atoms with Gasteiger partial charge in [-0.1, -0.05) is 6.42 Å². The van der Waals surface area contributed by atoms with E-state index in [2.05, 4.69) is 26.6 Å². The number of ether oxygens (including phenoxy) is 1. The zero-order valence-corrected chi connectivity index (χ0v) is 11.9. The van der Waals surface area contributed by atoms with Crippen molar-refractivity contribution in [3.8, 4) is 5.75 Å². The fourth-order valence-corrected chi connectivity index (χ4v) is 2.59. The number of hydrogen-bond donors (Lipinski definition) is 2. The summed E-state index contributed by atoms with van der Waals surface area (Å²) in [6.45, 7) is 0.921. The highest BCUT2D eigenvalue weighted by Gasteiger charge is 2.20. The van der Waals surface area contributed by atoms with Crippen LogP contribution in [0.15, 0.2) is 22.7 Å². The number of halogens is 1. The lowest BCUT2D eigenvalue weighted by Crippen LogP contribution is -2.43. The van der Waals surface area contributed by atoms with Gasteiger partial charge in [0.05, 0.1) is 17.6 Å². The summed E-state index contributed by atoms with van der Waals surface area (Å²) in [7, 11) is 1.62. The first-order chi connectivity index (χ1) is 8.70. The van der Waals surface area contributed by atoms with E-state index < -0.39 is 0 Å². The normalized spacial score (nSPS) is 19.3. The van der Waals surface area contributed by atoms with Crippen LogP contribution in [0.2, 0.25) is 0 Å². The molecule has 2 rings (SSSR count). The maximum atomic E-state index is 12.0. The molecule has 1 fully saturated rings. The van der Waals surface area contributed by atoms with Crippen molar-refractivity contribution in [2.45, 2.75) is 25.3 Å². The number of nitrogens with one attached hydrogen (secondary N) is 2. The molecule has 0 bridgehead atoms. The lowest BCUT2D eigenvalue weighted by atomic mass is 10.0. The topological polar surface area (TPSA) is 50.4 Å². The van der Waals surface area contributed by atoms with E-state index in [-0.39, 0.29) is 11.9 Å². The zero-order valence-electron chi connectivity index (χ0n) is 10.3. The van der Waals surface area contributed by atoms with Gasteiger partial charge in [0.2, 0.25) is 5.91 Å². The van der Waals surface area contributed by atoms with Gasteiger partial charge in [-0.05, 0) is 53.5 Å². The summed E-state index contributed by atoms with van der Waals surface area (Å²) in [5.74, 6) is 0.788. The fraction of sp³-hybridized carbons (Fsp3) is 0.462. The molecular weight excluding hydrogens is 296 g/mol. The molecule has 1 aromatic carbocycles. The van der Waals surface area contributed by atoms with Crippen LogP contribution in [0.5, 0.6) is 5.75 Å². The predicted octanol–water partition coefficient (Wildman–Crippen LogP) is 2.54. The van der Waals surface area contributed by atoms with E-state index in [0.717, 1.165) is 41.7 Å². The lowest BCUT2D eigenvalue weighted by Gasteiger charge is -2.22. The third-order valence-corrected chi connectivity index (χ3v) is 3.67. The standard InChI is InChI=1S/C13H17BrN2O2/c1-18-12-6-5-9(8-10(12)14)16-13(17)11-4-2-3-7-15-11/h5-6,8,11,15H,2-4,7H2,1H3,(H,16,17)/t11-/m0/s1. The van der Waals surface area contributed by atoms with Crippen LogP contribution in [0.4, 0.5) is 5.69 Å². The summed E-state index contributed by atoms with van der Waals surface area (Å²) < 4.78 is 5.98. The van der Waals surface area contributed by atoms with E-state index in [4.69, 9.17) is 4.74 Å². The number of amides is 1. The van der Waals surface area contributed by atoms with E-state index in [1.165, 1.54) is 0 Å². The van der Waals surface area contributed by atoms with Crippen LogP contribution in [-0.2, 0) is 4.79 Å². The molecule has 0 spiro atoms. The van der Waals surface area contributed by atoms with Gasteiger partial charge in [0.15, 0.2) is 0 Å². The molecule has 1 saturated heterocycles. The van der Waals surface area contributed by atoms with Crippen molar-refractivity contribution in [3.63, 3.8) is 0 Å². The average molecular weight is 313 g/mol. The minimum atomic E-state index is -0.0698. The second kappa shape index (κ2) is 6.20. The van der Waals surface area contributed by atoms with Gasteiger partial charge >= 0.3 is 0 Å². The van der Waals surface area contributed by atoms with E-state index in [1.807, 2.05) is 18.2 Å². The molecule has 0 aromatic heterocycles. The van der Waals surface area contributed by atoms with Crippen LogP contribution >= 0.6 is 15.9 Å². The van der Waals surface area contributed by atoms with E-state index in [1.54, 1.807) is 7.11 Å². The summed E-state index contributed by atoms with van der Waals surface area (Å²) in [6, 6.07) is 5.44. The Morgan fingerprint density at radius 2 is 2.33 bits per heavy atom. The Morgan fingerprint density at radius 3 is 2.94 bits per heavy atom. The largest absolute Gasteiger partial charge is 0.496 e. The Balaban J connectivity index is 2.00. The molecule has 1 atom stereocenters. The number of carbonyl (C=O) groups is 1. The van der Waals surface area contributed by atoms with Crippen LogP contribution in [0.3, 0.4) is 0 Å². The third kappa shape index (κ3) is 3.23. The molecular formula is C13H17BrN2O2. The number of hydrogen-bond acceptors (Lipinski definition) is 3. The average Bonchev–Trinajstić information content (AvgIpc) is 2.40. The van der Waals surface area contributed by atoms with Gasteiger partial charge in [-0.3, -0.25) is 4.79 Å². The SMILES string of the molecule is COc1ccc(NC(=O)[C@@H]2CCCCN2)cc1Br. The molecule has 1 aromatic rings. The van der Waals surface area contributed by atoms with Crippen LogP contribution in [0, 0.1) is 0 Å².